The fourth-order valence-electron chi connectivity index (χ4n) is 3.30. The standard InChI is InChI=1S/C20H23NO2S/c1-15(22)18-11-12-19(24-18)20(23)21-13-5-8-17(14-21)10-9-16-6-3-2-4-7-16/h2-4,6-7,11-12,17H,5,8-10,13-14H2,1H3. The van der Waals surface area contributed by atoms with Gasteiger partial charge in [-0.05, 0) is 56.2 Å². The summed E-state index contributed by atoms with van der Waals surface area (Å²) in [6.07, 6.45) is 4.45. The minimum Gasteiger partial charge on any atom is -0.338 e. The molecule has 1 aromatic carbocycles. The molecule has 0 N–H and O–H groups in total. The van der Waals surface area contributed by atoms with Gasteiger partial charge in [0.25, 0.3) is 5.91 Å². The van der Waals surface area contributed by atoms with Crippen molar-refractivity contribution in [2.24, 2.45) is 5.92 Å². The van der Waals surface area contributed by atoms with Crippen LogP contribution in [0.1, 0.15) is 51.1 Å². The number of piperidine rings is 1. The maximum Gasteiger partial charge on any atom is 0.263 e. The van der Waals surface area contributed by atoms with Crippen LogP contribution in [-0.2, 0) is 6.42 Å². The lowest BCUT2D eigenvalue weighted by atomic mass is 9.91. The predicted octanol–water partition coefficient (Wildman–Crippen LogP) is 4.44. The maximum absolute atomic E-state index is 12.7. The van der Waals surface area contributed by atoms with E-state index in [0.717, 1.165) is 32.4 Å². The monoisotopic (exact) mass is 341 g/mol. The van der Waals surface area contributed by atoms with Gasteiger partial charge < -0.3 is 4.90 Å². The summed E-state index contributed by atoms with van der Waals surface area (Å²) in [6, 6.07) is 14.1. The molecule has 0 aliphatic carbocycles. The van der Waals surface area contributed by atoms with E-state index >= 15 is 0 Å². The number of amides is 1. The van der Waals surface area contributed by atoms with Crippen molar-refractivity contribution in [3.63, 3.8) is 0 Å². The average molecular weight is 341 g/mol. The van der Waals surface area contributed by atoms with Crippen LogP contribution in [0.15, 0.2) is 42.5 Å². The Kier molecular flexibility index (Phi) is 5.46. The number of hydrogen-bond donors (Lipinski definition) is 0. The third-order valence-corrected chi connectivity index (χ3v) is 5.83. The molecule has 24 heavy (non-hydrogen) atoms. The van der Waals surface area contributed by atoms with Gasteiger partial charge in [0.15, 0.2) is 5.78 Å². The van der Waals surface area contributed by atoms with Gasteiger partial charge in [-0.3, -0.25) is 9.59 Å². The van der Waals surface area contributed by atoms with Crippen molar-refractivity contribution < 1.29 is 9.59 Å². The van der Waals surface area contributed by atoms with Gasteiger partial charge in [0.05, 0.1) is 9.75 Å². The summed E-state index contributed by atoms with van der Waals surface area (Å²) in [4.78, 5) is 27.4. The zero-order valence-corrected chi connectivity index (χ0v) is 14.8. The molecule has 2 heterocycles. The molecule has 0 spiro atoms. The van der Waals surface area contributed by atoms with Crippen molar-refractivity contribution in [2.75, 3.05) is 13.1 Å². The summed E-state index contributed by atoms with van der Waals surface area (Å²) in [5.74, 6) is 0.672. The smallest absolute Gasteiger partial charge is 0.263 e. The van der Waals surface area contributed by atoms with E-state index < -0.39 is 0 Å². The van der Waals surface area contributed by atoms with Crippen LogP contribution in [0.4, 0.5) is 0 Å². The molecule has 2 aromatic rings. The molecule has 1 aliphatic rings. The molecule has 0 radical (unpaired) electrons. The van der Waals surface area contributed by atoms with Gasteiger partial charge in [0.2, 0.25) is 0 Å². The summed E-state index contributed by atoms with van der Waals surface area (Å²) < 4.78 is 0. The first-order valence-electron chi connectivity index (χ1n) is 8.57. The molecule has 1 unspecified atom stereocenters. The second kappa shape index (κ2) is 7.75. The Bertz CT molecular complexity index is 707. The van der Waals surface area contributed by atoms with Crippen LogP contribution in [0.2, 0.25) is 0 Å². The number of nitrogens with zero attached hydrogens (tertiary/aromatic N) is 1. The third-order valence-electron chi connectivity index (χ3n) is 4.65. The van der Waals surface area contributed by atoms with E-state index in [0.29, 0.717) is 15.7 Å². The lowest BCUT2D eigenvalue weighted by Crippen LogP contribution is -2.39. The lowest BCUT2D eigenvalue weighted by Gasteiger charge is -2.32. The predicted molar refractivity (Wildman–Crippen MR) is 97.7 cm³/mol. The Morgan fingerprint density at radius 3 is 2.58 bits per heavy atom. The number of thiophene rings is 1. The Morgan fingerprint density at radius 2 is 1.88 bits per heavy atom. The van der Waals surface area contributed by atoms with Crippen LogP contribution in [0.25, 0.3) is 0 Å². The number of likely N-dealkylation sites (tertiary alicyclic amines) is 1. The van der Waals surface area contributed by atoms with Gasteiger partial charge in [0.1, 0.15) is 0 Å². The molecule has 1 amide bonds. The molecular weight excluding hydrogens is 318 g/mol. The largest absolute Gasteiger partial charge is 0.338 e. The van der Waals surface area contributed by atoms with Crippen molar-refractivity contribution in [2.45, 2.75) is 32.6 Å². The normalized spacial score (nSPS) is 17.7. The number of Topliss-reactive ketones (excluding diaryl/α,β-unsaturated/α-hetero) is 1. The number of hydrogen-bond acceptors (Lipinski definition) is 3. The van der Waals surface area contributed by atoms with Crippen LogP contribution in [0, 0.1) is 5.92 Å². The minimum atomic E-state index is 0.0263. The first-order chi connectivity index (χ1) is 11.6. The summed E-state index contributed by atoms with van der Waals surface area (Å²) in [5.41, 5.74) is 1.37. The Labute approximate surface area is 147 Å². The fourth-order valence-corrected chi connectivity index (χ4v) is 4.17. The van der Waals surface area contributed by atoms with Gasteiger partial charge in [-0.2, -0.15) is 0 Å². The first kappa shape index (κ1) is 16.9. The fraction of sp³-hybridized carbons (Fsp3) is 0.400. The van der Waals surface area contributed by atoms with Crippen LogP contribution in [-0.4, -0.2) is 29.7 Å². The zero-order valence-electron chi connectivity index (χ0n) is 14.0. The molecule has 1 aromatic heterocycles. The summed E-state index contributed by atoms with van der Waals surface area (Å²) in [7, 11) is 0. The molecule has 0 bridgehead atoms. The SMILES string of the molecule is CC(=O)c1ccc(C(=O)N2CCCC(CCc3ccccc3)C2)s1. The molecule has 3 nitrogen and oxygen atoms in total. The Hall–Kier alpha value is -1.94. The number of rotatable bonds is 5. The second-order valence-electron chi connectivity index (χ2n) is 6.50. The molecule has 3 rings (SSSR count). The minimum absolute atomic E-state index is 0.0263. The summed E-state index contributed by atoms with van der Waals surface area (Å²) in [5, 5.41) is 0. The Morgan fingerprint density at radius 1 is 1.12 bits per heavy atom. The third kappa shape index (κ3) is 4.12. The van der Waals surface area contributed by atoms with Gasteiger partial charge in [-0.25, -0.2) is 0 Å². The highest BCUT2D eigenvalue weighted by molar-refractivity contribution is 7.15. The molecular formula is C20H23NO2S. The number of carbonyl (C=O) groups excluding carboxylic acids is 2. The summed E-state index contributed by atoms with van der Waals surface area (Å²) in [6.45, 7) is 3.20. The number of ketones is 1. The highest BCUT2D eigenvalue weighted by Crippen LogP contribution is 2.25. The molecule has 1 aliphatic heterocycles. The van der Waals surface area contributed by atoms with E-state index in [4.69, 9.17) is 0 Å². The highest BCUT2D eigenvalue weighted by Gasteiger charge is 2.25. The van der Waals surface area contributed by atoms with Gasteiger partial charge in [-0.1, -0.05) is 30.3 Å². The van der Waals surface area contributed by atoms with Crippen molar-refractivity contribution in [1.29, 1.82) is 0 Å². The topological polar surface area (TPSA) is 37.4 Å². The maximum atomic E-state index is 12.7. The summed E-state index contributed by atoms with van der Waals surface area (Å²) >= 11 is 1.31. The molecule has 0 saturated carbocycles. The lowest BCUT2D eigenvalue weighted by molar-refractivity contribution is 0.0673. The first-order valence-corrected chi connectivity index (χ1v) is 9.39. The van der Waals surface area contributed by atoms with Crippen LogP contribution < -0.4 is 0 Å². The average Bonchev–Trinajstić information content (AvgIpc) is 3.11. The van der Waals surface area contributed by atoms with Crippen LogP contribution in [0.5, 0.6) is 0 Å². The van der Waals surface area contributed by atoms with Crippen LogP contribution >= 0.6 is 11.3 Å². The number of aryl methyl sites for hydroxylation is 1. The van der Waals surface area contributed by atoms with E-state index in [9.17, 15) is 9.59 Å². The molecule has 1 saturated heterocycles. The van der Waals surface area contributed by atoms with Crippen molar-refractivity contribution >= 4 is 23.0 Å². The van der Waals surface area contributed by atoms with Gasteiger partial charge >= 0.3 is 0 Å². The molecule has 1 atom stereocenters. The quantitative estimate of drug-likeness (QED) is 0.754. The van der Waals surface area contributed by atoms with Gasteiger partial charge in [-0.15, -0.1) is 11.3 Å². The van der Waals surface area contributed by atoms with E-state index in [1.54, 1.807) is 19.1 Å². The number of benzene rings is 1. The Balaban J connectivity index is 1.58. The highest BCUT2D eigenvalue weighted by atomic mass is 32.1. The van der Waals surface area contributed by atoms with E-state index in [1.807, 2.05) is 11.0 Å². The zero-order chi connectivity index (χ0) is 16.9. The molecule has 4 heteroatoms. The van der Waals surface area contributed by atoms with E-state index in [2.05, 4.69) is 24.3 Å². The van der Waals surface area contributed by atoms with Crippen molar-refractivity contribution in [3.05, 3.63) is 57.8 Å². The molecule has 1 fully saturated rings. The van der Waals surface area contributed by atoms with Crippen molar-refractivity contribution in [3.8, 4) is 0 Å². The van der Waals surface area contributed by atoms with Gasteiger partial charge in [0, 0.05) is 13.1 Å². The van der Waals surface area contributed by atoms with E-state index in [-0.39, 0.29) is 11.7 Å². The van der Waals surface area contributed by atoms with Crippen LogP contribution in [0.3, 0.4) is 0 Å². The second-order valence-corrected chi connectivity index (χ2v) is 7.59. The van der Waals surface area contributed by atoms with Crippen molar-refractivity contribution in [1.82, 2.24) is 4.90 Å². The molecule has 126 valence electrons. The van der Waals surface area contributed by atoms with E-state index in [1.165, 1.54) is 23.3 Å². The number of carbonyl (C=O) groups is 2.